The van der Waals surface area contributed by atoms with Gasteiger partial charge in [-0.1, -0.05) is 30.3 Å². The third-order valence-electron chi connectivity index (χ3n) is 4.31. The van der Waals surface area contributed by atoms with E-state index in [-0.39, 0.29) is 13.0 Å². The molecule has 11 nitrogen and oxygen atoms in total. The first kappa shape index (κ1) is 19.9. The number of nitrogens with two attached hydrogens (primary N) is 1. The molecule has 1 fully saturated rings. The molecule has 2 heterocycles. The van der Waals surface area contributed by atoms with Gasteiger partial charge in [0.05, 0.1) is 0 Å². The molecule has 11 heteroatoms. The maximum Gasteiger partial charge on any atom is 0.347 e. The molecule has 2 unspecified atom stereocenters. The van der Waals surface area contributed by atoms with E-state index in [1.807, 2.05) is 35.3 Å². The second kappa shape index (κ2) is 8.44. The van der Waals surface area contributed by atoms with Crippen molar-refractivity contribution in [1.82, 2.24) is 14.8 Å². The molecule has 1 aromatic heterocycles. The Labute approximate surface area is 158 Å². The van der Waals surface area contributed by atoms with E-state index in [0.29, 0.717) is 4.68 Å². The second-order valence-electron chi connectivity index (χ2n) is 6.36. The van der Waals surface area contributed by atoms with Crippen molar-refractivity contribution >= 4 is 5.97 Å². The van der Waals surface area contributed by atoms with Crippen LogP contribution in [0.15, 0.2) is 46.1 Å². The lowest BCUT2D eigenvalue weighted by molar-refractivity contribution is -0.151. The van der Waals surface area contributed by atoms with Gasteiger partial charge in [0, 0.05) is 0 Å². The van der Waals surface area contributed by atoms with Crippen LogP contribution in [0.4, 0.5) is 0 Å². The number of aliphatic hydroxyl groups excluding tert-OH is 2. The van der Waals surface area contributed by atoms with Crippen LogP contribution in [0.2, 0.25) is 0 Å². The minimum absolute atomic E-state index is 0.274. The summed E-state index contributed by atoms with van der Waals surface area (Å²) in [6.45, 7) is -0.381. The minimum Gasteiger partial charge on any atom is -0.462 e. The van der Waals surface area contributed by atoms with Gasteiger partial charge in [0.1, 0.15) is 37.2 Å². The number of hydrogen-bond donors (Lipinski definition) is 4. The third-order valence-corrected chi connectivity index (χ3v) is 4.31. The monoisotopic (exact) mass is 392 g/mol. The van der Waals surface area contributed by atoms with Crippen LogP contribution >= 0.6 is 0 Å². The molecule has 0 bridgehead atoms. The van der Waals surface area contributed by atoms with Crippen molar-refractivity contribution in [2.45, 2.75) is 37.0 Å². The summed E-state index contributed by atoms with van der Waals surface area (Å²) >= 11 is 0. The first-order valence-corrected chi connectivity index (χ1v) is 8.52. The molecule has 0 aliphatic carbocycles. The Morgan fingerprint density at radius 3 is 2.68 bits per heavy atom. The summed E-state index contributed by atoms with van der Waals surface area (Å²) in [4.78, 5) is 36.9. The Kier molecular flexibility index (Phi) is 5.99. The average molecular weight is 392 g/mol. The van der Waals surface area contributed by atoms with E-state index in [0.717, 1.165) is 11.8 Å². The van der Waals surface area contributed by atoms with Crippen molar-refractivity contribution in [3.05, 3.63) is 62.9 Å². The Bertz CT molecular complexity index is 929. The lowest BCUT2D eigenvalue weighted by Gasteiger charge is -2.17. The van der Waals surface area contributed by atoms with Gasteiger partial charge in [0.2, 0.25) is 0 Å². The zero-order chi connectivity index (χ0) is 20.3. The molecule has 2 aromatic rings. The number of aromatic nitrogens is 3. The van der Waals surface area contributed by atoms with Crippen molar-refractivity contribution in [2.75, 3.05) is 6.61 Å². The van der Waals surface area contributed by atoms with Crippen LogP contribution in [-0.4, -0.2) is 61.9 Å². The van der Waals surface area contributed by atoms with Gasteiger partial charge in [0.25, 0.3) is 5.56 Å². The Morgan fingerprint density at radius 2 is 2.00 bits per heavy atom. The van der Waals surface area contributed by atoms with Crippen molar-refractivity contribution < 1.29 is 24.5 Å². The molecular formula is C17H20N4O7. The molecule has 3 rings (SSSR count). The van der Waals surface area contributed by atoms with E-state index in [2.05, 4.69) is 5.10 Å². The van der Waals surface area contributed by atoms with E-state index in [9.17, 15) is 24.6 Å². The standard InChI is InChI=1S/C17H20N4O7/c18-10(6-9-4-2-1-3-5-9)16(25)27-8-11-13(23)14(24)15(28-11)21-17(26)20-12(22)7-19-21/h1-5,7,10-11,13-15,23-24H,6,8,18H2,(H,20,22,26)/t10-,11+,13?,14?,15+/m0/s1. The topological polar surface area (TPSA) is 170 Å². The molecule has 28 heavy (non-hydrogen) atoms. The molecule has 5 atom stereocenters. The average Bonchev–Trinajstić information content (AvgIpc) is 2.95. The second-order valence-corrected chi connectivity index (χ2v) is 6.36. The lowest BCUT2D eigenvalue weighted by Crippen LogP contribution is -2.40. The van der Waals surface area contributed by atoms with Crippen molar-refractivity contribution in [3.63, 3.8) is 0 Å². The summed E-state index contributed by atoms with van der Waals surface area (Å²) in [6, 6.07) is 8.23. The highest BCUT2D eigenvalue weighted by molar-refractivity contribution is 5.75. The van der Waals surface area contributed by atoms with Crippen LogP contribution in [0.1, 0.15) is 11.8 Å². The number of aromatic amines is 1. The van der Waals surface area contributed by atoms with E-state index in [1.54, 1.807) is 0 Å². The Hall–Kier alpha value is -2.86. The number of hydrogen-bond acceptors (Lipinski definition) is 9. The van der Waals surface area contributed by atoms with Gasteiger partial charge >= 0.3 is 11.7 Å². The van der Waals surface area contributed by atoms with Gasteiger partial charge in [-0.15, -0.1) is 0 Å². The van der Waals surface area contributed by atoms with Crippen LogP contribution in [0.5, 0.6) is 0 Å². The SMILES string of the molecule is N[C@@H](Cc1ccccc1)C(=O)OC[C@H]1O[C@@H](n2ncc(=O)[nH]c2=O)C(O)C1O. The van der Waals surface area contributed by atoms with E-state index in [1.165, 1.54) is 0 Å². The summed E-state index contributed by atoms with van der Waals surface area (Å²) in [6.07, 6.45) is -4.30. The molecule has 1 aliphatic heterocycles. The predicted octanol–water partition coefficient (Wildman–Crippen LogP) is -2.34. The summed E-state index contributed by atoms with van der Waals surface area (Å²) in [5.41, 5.74) is 5.07. The van der Waals surface area contributed by atoms with Gasteiger partial charge in [-0.25, -0.2) is 4.79 Å². The first-order valence-electron chi connectivity index (χ1n) is 8.52. The number of ether oxygens (including phenoxy) is 2. The quantitative estimate of drug-likeness (QED) is 0.394. The maximum absolute atomic E-state index is 12.1. The molecule has 1 aliphatic rings. The molecule has 1 saturated heterocycles. The van der Waals surface area contributed by atoms with Gasteiger partial charge in [0.15, 0.2) is 6.23 Å². The number of nitrogens with one attached hydrogen (secondary N) is 1. The zero-order valence-electron chi connectivity index (χ0n) is 14.7. The number of carbonyl (C=O) groups is 1. The van der Waals surface area contributed by atoms with Crippen molar-refractivity contribution in [3.8, 4) is 0 Å². The Morgan fingerprint density at radius 1 is 1.29 bits per heavy atom. The highest BCUT2D eigenvalue weighted by atomic mass is 16.6. The zero-order valence-corrected chi connectivity index (χ0v) is 14.7. The number of benzene rings is 1. The molecule has 0 spiro atoms. The highest BCUT2D eigenvalue weighted by Gasteiger charge is 2.45. The van der Waals surface area contributed by atoms with Crippen molar-refractivity contribution in [1.29, 1.82) is 0 Å². The normalized spacial score (nSPS) is 25.4. The van der Waals surface area contributed by atoms with Gasteiger partial charge in [-0.05, 0) is 12.0 Å². The number of carbonyl (C=O) groups excluding carboxylic acids is 1. The molecule has 150 valence electrons. The van der Waals surface area contributed by atoms with E-state index in [4.69, 9.17) is 15.2 Å². The van der Waals surface area contributed by atoms with Crippen LogP contribution in [0, 0.1) is 0 Å². The van der Waals surface area contributed by atoms with Gasteiger partial charge in [-0.2, -0.15) is 9.78 Å². The summed E-state index contributed by atoms with van der Waals surface area (Å²) < 4.78 is 11.2. The summed E-state index contributed by atoms with van der Waals surface area (Å²) in [5.74, 6) is -0.697. The molecule has 1 aromatic carbocycles. The van der Waals surface area contributed by atoms with Crippen LogP contribution in [0.25, 0.3) is 0 Å². The smallest absolute Gasteiger partial charge is 0.347 e. The highest BCUT2D eigenvalue weighted by Crippen LogP contribution is 2.27. The summed E-state index contributed by atoms with van der Waals surface area (Å²) in [7, 11) is 0. The fraction of sp³-hybridized carbons (Fsp3) is 0.412. The van der Waals surface area contributed by atoms with Gasteiger partial charge < -0.3 is 25.4 Å². The molecular weight excluding hydrogens is 372 g/mol. The van der Waals surface area contributed by atoms with Crippen LogP contribution < -0.4 is 17.0 Å². The maximum atomic E-state index is 12.1. The fourth-order valence-electron chi connectivity index (χ4n) is 2.83. The lowest BCUT2D eigenvalue weighted by atomic mass is 10.1. The number of aliphatic hydroxyl groups is 2. The van der Waals surface area contributed by atoms with Crippen LogP contribution in [-0.2, 0) is 20.7 Å². The number of esters is 1. The Balaban J connectivity index is 1.59. The molecule has 0 radical (unpaired) electrons. The minimum atomic E-state index is -1.52. The largest absolute Gasteiger partial charge is 0.462 e. The number of rotatable bonds is 6. The number of H-pyrrole nitrogens is 1. The number of nitrogens with zero attached hydrogens (tertiary/aromatic N) is 2. The van der Waals surface area contributed by atoms with Crippen LogP contribution in [0.3, 0.4) is 0 Å². The summed E-state index contributed by atoms with van der Waals surface area (Å²) in [5, 5.41) is 23.8. The third kappa shape index (κ3) is 4.34. The fourth-order valence-corrected chi connectivity index (χ4v) is 2.83. The molecule has 5 N–H and O–H groups in total. The van der Waals surface area contributed by atoms with E-state index < -0.39 is 47.8 Å². The molecule has 0 amide bonds. The first-order chi connectivity index (χ1) is 13.4. The predicted molar refractivity (Wildman–Crippen MR) is 94.1 cm³/mol. The van der Waals surface area contributed by atoms with E-state index >= 15 is 0 Å². The van der Waals surface area contributed by atoms with Gasteiger partial charge in [-0.3, -0.25) is 14.6 Å². The van der Waals surface area contributed by atoms with Crippen molar-refractivity contribution in [2.24, 2.45) is 5.73 Å². The molecule has 0 saturated carbocycles.